The molecule has 1 atom stereocenters. The van der Waals surface area contributed by atoms with Crippen LogP contribution in [-0.4, -0.2) is 89.1 Å². The zero-order chi connectivity index (χ0) is 23.5. The summed E-state index contributed by atoms with van der Waals surface area (Å²) in [7, 11) is 2.07. The summed E-state index contributed by atoms with van der Waals surface area (Å²) in [5.74, 6) is 0.530. The molecule has 0 saturated carbocycles. The molecule has 9 nitrogen and oxygen atoms in total. The van der Waals surface area contributed by atoms with Gasteiger partial charge < -0.3 is 14.7 Å². The van der Waals surface area contributed by atoms with E-state index in [0.717, 1.165) is 25.1 Å². The second kappa shape index (κ2) is 9.89. The zero-order valence-corrected chi connectivity index (χ0v) is 19.6. The molecule has 0 radical (unpaired) electrons. The van der Waals surface area contributed by atoms with Crippen molar-refractivity contribution in [2.45, 2.75) is 25.3 Å². The van der Waals surface area contributed by atoms with Gasteiger partial charge in [0.2, 0.25) is 11.9 Å². The summed E-state index contributed by atoms with van der Waals surface area (Å²) in [6, 6.07) is 11.8. The summed E-state index contributed by atoms with van der Waals surface area (Å²) in [5, 5.41) is 6.07. The summed E-state index contributed by atoms with van der Waals surface area (Å²) in [6.45, 7) is 4.53. The van der Waals surface area contributed by atoms with Gasteiger partial charge in [-0.25, -0.2) is 15.0 Å². The Bertz CT molecular complexity index is 1040. The first-order valence-electron chi connectivity index (χ1n) is 12.1. The van der Waals surface area contributed by atoms with Crippen LogP contribution in [-0.2, 0) is 4.79 Å². The number of nitrogens with zero attached hydrogens (tertiary/aromatic N) is 7. The lowest BCUT2D eigenvalue weighted by Gasteiger charge is -2.34. The third kappa shape index (κ3) is 4.65. The molecular formula is C25H31N7O2. The van der Waals surface area contributed by atoms with Gasteiger partial charge in [-0.05, 0) is 31.5 Å². The Kier molecular flexibility index (Phi) is 6.53. The number of carbonyl (C=O) groups is 2. The molecule has 4 heterocycles. The van der Waals surface area contributed by atoms with Gasteiger partial charge in [-0.3, -0.25) is 9.59 Å². The quantitative estimate of drug-likeness (QED) is 0.693. The highest BCUT2D eigenvalue weighted by Gasteiger charge is 2.35. The van der Waals surface area contributed by atoms with Gasteiger partial charge in [0, 0.05) is 64.0 Å². The number of hydrogen-bond donors (Lipinski definition) is 0. The molecule has 3 aliphatic heterocycles. The molecule has 9 heteroatoms. The Morgan fingerprint density at radius 2 is 1.68 bits per heavy atom. The number of benzene rings is 1. The first-order valence-corrected chi connectivity index (χ1v) is 12.1. The van der Waals surface area contributed by atoms with Crippen LogP contribution < -0.4 is 4.90 Å². The highest BCUT2D eigenvalue weighted by molar-refractivity contribution is 5.92. The molecule has 0 spiro atoms. The normalized spacial score (nSPS) is 21.8. The number of piperidine rings is 1. The number of amides is 2. The number of hydrazone groups is 1. The standard InChI is InChI=1S/C25H31N7O2/c1-29-15-17-30(18-16-29)24(34)21-7-11-26-25(28-21)31-13-9-20(10-14-31)23(33)32-22(8-12-27-32)19-5-3-2-4-6-19/h2-7,11-12,20,22H,8-10,13-18H2,1H3. The number of piperazine rings is 1. The van der Waals surface area contributed by atoms with E-state index in [2.05, 4.69) is 44.0 Å². The summed E-state index contributed by atoms with van der Waals surface area (Å²) < 4.78 is 0. The van der Waals surface area contributed by atoms with E-state index in [4.69, 9.17) is 0 Å². The Morgan fingerprint density at radius 1 is 0.941 bits per heavy atom. The molecule has 3 aliphatic rings. The van der Waals surface area contributed by atoms with Gasteiger partial charge in [0.25, 0.3) is 5.91 Å². The van der Waals surface area contributed by atoms with Crippen molar-refractivity contribution in [3.8, 4) is 0 Å². The highest BCUT2D eigenvalue weighted by Crippen LogP contribution is 2.32. The van der Waals surface area contributed by atoms with Crippen molar-refractivity contribution in [2.24, 2.45) is 11.0 Å². The topological polar surface area (TPSA) is 85.2 Å². The Hall–Kier alpha value is -3.33. The molecule has 5 rings (SSSR count). The summed E-state index contributed by atoms with van der Waals surface area (Å²) in [4.78, 5) is 41.3. The molecule has 0 bridgehead atoms. The van der Waals surface area contributed by atoms with Crippen molar-refractivity contribution < 1.29 is 9.59 Å². The number of hydrogen-bond acceptors (Lipinski definition) is 7. The Morgan fingerprint density at radius 3 is 2.41 bits per heavy atom. The third-order valence-electron chi connectivity index (χ3n) is 7.02. The first-order chi connectivity index (χ1) is 16.6. The van der Waals surface area contributed by atoms with Crippen LogP contribution in [0.2, 0.25) is 0 Å². The van der Waals surface area contributed by atoms with Gasteiger partial charge in [-0.2, -0.15) is 5.10 Å². The average molecular weight is 462 g/mol. The lowest BCUT2D eigenvalue weighted by atomic mass is 9.94. The molecule has 1 aromatic carbocycles. The van der Waals surface area contributed by atoms with Crippen molar-refractivity contribution in [2.75, 3.05) is 51.2 Å². The fourth-order valence-corrected chi connectivity index (χ4v) is 4.88. The van der Waals surface area contributed by atoms with Gasteiger partial charge >= 0.3 is 0 Å². The van der Waals surface area contributed by atoms with Crippen LogP contribution in [0.1, 0.15) is 41.4 Å². The van der Waals surface area contributed by atoms with Crippen LogP contribution in [0, 0.1) is 5.92 Å². The van der Waals surface area contributed by atoms with E-state index >= 15 is 0 Å². The van der Waals surface area contributed by atoms with E-state index in [1.807, 2.05) is 29.3 Å². The fourth-order valence-electron chi connectivity index (χ4n) is 4.88. The van der Waals surface area contributed by atoms with Crippen molar-refractivity contribution in [1.82, 2.24) is 24.8 Å². The van der Waals surface area contributed by atoms with Crippen molar-refractivity contribution in [3.63, 3.8) is 0 Å². The van der Waals surface area contributed by atoms with E-state index in [0.29, 0.717) is 50.7 Å². The minimum atomic E-state index is -0.0760. The Labute approximate surface area is 200 Å². The van der Waals surface area contributed by atoms with Gasteiger partial charge in [0.05, 0.1) is 6.04 Å². The van der Waals surface area contributed by atoms with Crippen LogP contribution in [0.25, 0.3) is 0 Å². The summed E-state index contributed by atoms with van der Waals surface area (Å²) in [5.41, 5.74) is 1.55. The van der Waals surface area contributed by atoms with Gasteiger partial charge in [-0.15, -0.1) is 0 Å². The van der Waals surface area contributed by atoms with Crippen molar-refractivity contribution >= 4 is 24.0 Å². The van der Waals surface area contributed by atoms with Gasteiger partial charge in [0.1, 0.15) is 5.69 Å². The molecule has 34 heavy (non-hydrogen) atoms. The van der Waals surface area contributed by atoms with E-state index in [1.54, 1.807) is 17.3 Å². The minimum absolute atomic E-state index is 0.0210. The maximum Gasteiger partial charge on any atom is 0.272 e. The number of carbonyl (C=O) groups excluding carboxylic acids is 2. The van der Waals surface area contributed by atoms with Crippen LogP contribution >= 0.6 is 0 Å². The average Bonchev–Trinajstić information content (AvgIpc) is 3.39. The lowest BCUT2D eigenvalue weighted by Crippen LogP contribution is -2.47. The lowest BCUT2D eigenvalue weighted by molar-refractivity contribution is -0.138. The smallest absolute Gasteiger partial charge is 0.272 e. The zero-order valence-electron chi connectivity index (χ0n) is 19.6. The molecular weight excluding hydrogens is 430 g/mol. The molecule has 1 unspecified atom stereocenters. The fraction of sp³-hybridized carbons (Fsp3) is 0.480. The van der Waals surface area contributed by atoms with E-state index < -0.39 is 0 Å². The third-order valence-corrected chi connectivity index (χ3v) is 7.02. The maximum absolute atomic E-state index is 13.3. The van der Waals surface area contributed by atoms with Crippen LogP contribution in [0.4, 0.5) is 5.95 Å². The number of aromatic nitrogens is 2. The predicted octanol–water partition coefficient (Wildman–Crippen LogP) is 2.04. The van der Waals surface area contributed by atoms with Crippen molar-refractivity contribution in [3.05, 3.63) is 53.9 Å². The molecule has 0 aliphatic carbocycles. The number of likely N-dealkylation sites (N-methyl/N-ethyl adjacent to an activating group) is 1. The van der Waals surface area contributed by atoms with E-state index in [-0.39, 0.29) is 23.8 Å². The van der Waals surface area contributed by atoms with Crippen LogP contribution in [0.15, 0.2) is 47.7 Å². The molecule has 178 valence electrons. The van der Waals surface area contributed by atoms with Crippen molar-refractivity contribution in [1.29, 1.82) is 0 Å². The largest absolute Gasteiger partial charge is 0.341 e. The molecule has 0 N–H and O–H groups in total. The summed E-state index contributed by atoms with van der Waals surface area (Å²) in [6.07, 6.45) is 5.67. The van der Waals surface area contributed by atoms with Crippen LogP contribution in [0.3, 0.4) is 0 Å². The number of anilines is 1. The molecule has 2 saturated heterocycles. The number of rotatable bonds is 4. The summed E-state index contributed by atoms with van der Waals surface area (Å²) >= 11 is 0. The minimum Gasteiger partial charge on any atom is -0.341 e. The second-order valence-electron chi connectivity index (χ2n) is 9.24. The van der Waals surface area contributed by atoms with Crippen LogP contribution in [0.5, 0.6) is 0 Å². The monoisotopic (exact) mass is 461 g/mol. The maximum atomic E-state index is 13.3. The highest BCUT2D eigenvalue weighted by atomic mass is 16.2. The molecule has 2 aromatic rings. The molecule has 2 amide bonds. The van der Waals surface area contributed by atoms with Gasteiger partial charge in [-0.1, -0.05) is 30.3 Å². The predicted molar refractivity (Wildman–Crippen MR) is 130 cm³/mol. The first kappa shape index (κ1) is 22.5. The van der Waals surface area contributed by atoms with E-state index in [1.165, 1.54) is 0 Å². The second-order valence-corrected chi connectivity index (χ2v) is 9.24. The van der Waals surface area contributed by atoms with Gasteiger partial charge in [0.15, 0.2) is 0 Å². The Balaban J connectivity index is 1.20. The molecule has 1 aromatic heterocycles. The van der Waals surface area contributed by atoms with E-state index in [9.17, 15) is 9.59 Å². The molecule has 2 fully saturated rings. The SMILES string of the molecule is CN1CCN(C(=O)c2ccnc(N3CCC(C(=O)N4N=CCC4c4ccccc4)CC3)n2)CC1.